The first-order chi connectivity index (χ1) is 19.1. The Morgan fingerprint density at radius 2 is 2.12 bits per heavy atom. The summed E-state index contributed by atoms with van der Waals surface area (Å²) in [7, 11) is -4.23. The first-order valence-electron chi connectivity index (χ1n) is 12.3. The van der Waals surface area contributed by atoms with Crippen molar-refractivity contribution in [1.29, 1.82) is 0 Å². The molecule has 0 radical (unpaired) electrons. The van der Waals surface area contributed by atoms with Crippen LogP contribution in [0.5, 0.6) is 5.88 Å². The summed E-state index contributed by atoms with van der Waals surface area (Å²) in [5, 5.41) is 0. The quantitative estimate of drug-likeness (QED) is 0.317. The zero-order valence-electron chi connectivity index (χ0n) is 21.2. The van der Waals surface area contributed by atoms with Crippen molar-refractivity contribution in [2.75, 3.05) is 25.6 Å². The minimum atomic E-state index is -4.23. The number of aromatic nitrogens is 4. The fraction of sp³-hybridized carbons (Fsp3) is 0.478. The Kier molecular flexibility index (Phi) is 6.62. The van der Waals surface area contributed by atoms with Gasteiger partial charge in [-0.15, -0.1) is 0 Å². The number of phosphoric acid groups is 1. The number of hydrogen-bond acceptors (Lipinski definition) is 13. The molecule has 214 valence electrons. The summed E-state index contributed by atoms with van der Waals surface area (Å²) in [4.78, 5) is 24.7. The van der Waals surface area contributed by atoms with Gasteiger partial charge in [-0.3, -0.25) is 18.1 Å². The summed E-state index contributed by atoms with van der Waals surface area (Å²) < 4.78 is 81.6. The summed E-state index contributed by atoms with van der Waals surface area (Å²) in [6.07, 6.45) is -3.42. The lowest BCUT2D eigenvalue weighted by molar-refractivity contribution is -0.0925. The standard InChI is InChI=1S/C23H24F2N5O9P/c1-3-33-19-16-18(28-21(26)29-19)27-10-30(16)20-23(2)17(37-22(31)38-23)15(36-20)9-35-40(32)34-7-6-14(39-40)12-5-4-11(24)8-13(12)25/h4-5,8,10,14-15,17,20H,3,6-7,9H2,1-2H3,(H2,26,28,29)/t14-,15+,17+,20+,23+,40+/m0/s1. The number of nitrogens with two attached hydrogens (primary N) is 1. The zero-order chi connectivity index (χ0) is 28.2. The van der Waals surface area contributed by atoms with Gasteiger partial charge in [0.15, 0.2) is 29.1 Å². The van der Waals surface area contributed by atoms with Crippen LogP contribution in [0.1, 0.15) is 38.2 Å². The lowest BCUT2D eigenvalue weighted by Gasteiger charge is -2.30. The summed E-state index contributed by atoms with van der Waals surface area (Å²) >= 11 is 0. The second kappa shape index (κ2) is 9.89. The number of hydrogen-bond donors (Lipinski definition) is 1. The van der Waals surface area contributed by atoms with Gasteiger partial charge in [-0.2, -0.15) is 9.97 Å². The molecule has 0 amide bonds. The molecule has 0 spiro atoms. The largest absolute Gasteiger partial charge is 0.509 e. The molecule has 3 aliphatic rings. The number of nitrogen functional groups attached to an aromatic ring is 1. The molecule has 3 aromatic rings. The van der Waals surface area contributed by atoms with Crippen LogP contribution in [0.15, 0.2) is 24.5 Å². The maximum Gasteiger partial charge on any atom is 0.509 e. The number of carbonyl (C=O) groups is 1. The molecule has 0 unspecified atom stereocenters. The van der Waals surface area contributed by atoms with Crippen molar-refractivity contribution in [3.63, 3.8) is 0 Å². The van der Waals surface area contributed by atoms with E-state index >= 15 is 0 Å². The number of ether oxygens (including phenoxy) is 4. The third kappa shape index (κ3) is 4.55. The Bertz CT molecular complexity index is 1530. The van der Waals surface area contributed by atoms with Gasteiger partial charge in [0.1, 0.15) is 24.1 Å². The molecule has 2 N–H and O–H groups in total. The summed E-state index contributed by atoms with van der Waals surface area (Å²) in [6, 6.07) is 2.98. The molecule has 0 saturated carbocycles. The van der Waals surface area contributed by atoms with Crippen LogP contribution in [-0.4, -0.2) is 63.3 Å². The molecular weight excluding hydrogens is 559 g/mol. The highest BCUT2D eigenvalue weighted by molar-refractivity contribution is 7.48. The highest BCUT2D eigenvalue weighted by Crippen LogP contribution is 2.58. The molecule has 17 heteroatoms. The molecule has 0 bridgehead atoms. The van der Waals surface area contributed by atoms with Gasteiger partial charge in [-0.1, -0.05) is 6.07 Å². The van der Waals surface area contributed by atoms with Crippen molar-refractivity contribution in [1.82, 2.24) is 19.5 Å². The van der Waals surface area contributed by atoms with Crippen LogP contribution >= 0.6 is 7.82 Å². The number of fused-ring (bicyclic) bond motifs is 2. The van der Waals surface area contributed by atoms with Gasteiger partial charge in [0.2, 0.25) is 11.8 Å². The van der Waals surface area contributed by atoms with Crippen LogP contribution in [0, 0.1) is 11.6 Å². The Labute approximate surface area is 225 Å². The van der Waals surface area contributed by atoms with E-state index in [2.05, 4.69) is 15.0 Å². The lowest BCUT2D eigenvalue weighted by Crippen LogP contribution is -2.42. The van der Waals surface area contributed by atoms with Crippen molar-refractivity contribution >= 4 is 31.1 Å². The van der Waals surface area contributed by atoms with Gasteiger partial charge in [-0.25, -0.2) is 23.1 Å². The normalized spacial score (nSPS) is 31.6. The lowest BCUT2D eigenvalue weighted by atomic mass is 9.96. The second-order valence-electron chi connectivity index (χ2n) is 9.37. The predicted molar refractivity (Wildman–Crippen MR) is 129 cm³/mol. The number of halogens is 2. The van der Waals surface area contributed by atoms with E-state index in [0.29, 0.717) is 11.6 Å². The van der Waals surface area contributed by atoms with E-state index in [-0.39, 0.29) is 42.7 Å². The summed E-state index contributed by atoms with van der Waals surface area (Å²) in [5.74, 6) is -1.51. The second-order valence-corrected chi connectivity index (χ2v) is 11.0. The minimum absolute atomic E-state index is 0.0105. The van der Waals surface area contributed by atoms with Gasteiger partial charge in [0.25, 0.3) is 0 Å². The molecule has 14 nitrogen and oxygen atoms in total. The van der Waals surface area contributed by atoms with E-state index in [4.69, 9.17) is 38.3 Å². The summed E-state index contributed by atoms with van der Waals surface area (Å²) in [6.45, 7) is 3.14. The van der Waals surface area contributed by atoms with Crippen molar-refractivity contribution in [2.24, 2.45) is 0 Å². The monoisotopic (exact) mass is 583 g/mol. The maximum atomic E-state index is 14.3. The van der Waals surface area contributed by atoms with Crippen molar-refractivity contribution in [3.05, 3.63) is 41.7 Å². The van der Waals surface area contributed by atoms with Crippen LogP contribution in [0.2, 0.25) is 0 Å². The fourth-order valence-electron chi connectivity index (χ4n) is 5.02. The molecule has 0 aliphatic carbocycles. The highest BCUT2D eigenvalue weighted by atomic mass is 31.2. The van der Waals surface area contributed by atoms with E-state index in [1.165, 1.54) is 17.0 Å². The predicted octanol–water partition coefficient (Wildman–Crippen LogP) is 3.58. The van der Waals surface area contributed by atoms with Crippen LogP contribution in [0.25, 0.3) is 11.2 Å². The number of rotatable bonds is 7. The Balaban J connectivity index is 1.25. The van der Waals surface area contributed by atoms with Crippen molar-refractivity contribution in [3.8, 4) is 5.88 Å². The SMILES string of the molecule is CCOc1nc(N)nc2ncn([C@@H]3O[C@H](CO[P@@]4(=O)OCC[C@@H](c5ccc(F)cc5F)O4)[C@H]4OC(=O)O[C@]43C)c12. The summed E-state index contributed by atoms with van der Waals surface area (Å²) in [5.41, 5.74) is 4.96. The molecular formula is C23H24F2N5O9P. The first kappa shape index (κ1) is 26.8. The maximum absolute atomic E-state index is 14.3. The van der Waals surface area contributed by atoms with Crippen LogP contribution < -0.4 is 10.5 Å². The third-order valence-corrected chi connectivity index (χ3v) is 8.24. The van der Waals surface area contributed by atoms with Crippen molar-refractivity contribution < 1.29 is 50.7 Å². The Morgan fingerprint density at radius 3 is 2.90 bits per heavy atom. The number of carbonyl (C=O) groups excluding carboxylic acids is 1. The van der Waals surface area contributed by atoms with E-state index < -0.39 is 62.4 Å². The average Bonchev–Trinajstić information content (AvgIpc) is 3.52. The third-order valence-electron chi connectivity index (χ3n) is 6.76. The van der Waals surface area contributed by atoms with Gasteiger partial charge in [-0.05, 0) is 19.9 Å². The van der Waals surface area contributed by atoms with Gasteiger partial charge in [0, 0.05) is 18.1 Å². The Hall–Kier alpha value is -3.43. The zero-order valence-corrected chi connectivity index (χ0v) is 22.1. The average molecular weight is 583 g/mol. The topological polar surface area (TPSA) is 168 Å². The van der Waals surface area contributed by atoms with Gasteiger partial charge >= 0.3 is 14.0 Å². The smallest absolute Gasteiger partial charge is 0.476 e. The molecule has 1 aromatic carbocycles. The molecule has 40 heavy (non-hydrogen) atoms. The molecule has 3 saturated heterocycles. The van der Waals surface area contributed by atoms with Crippen molar-refractivity contribution in [2.45, 2.75) is 50.4 Å². The number of phosphoric ester groups is 1. The van der Waals surface area contributed by atoms with E-state index in [1.807, 2.05) is 0 Å². The van der Waals surface area contributed by atoms with Crippen LogP contribution in [-0.2, 0) is 32.3 Å². The van der Waals surface area contributed by atoms with Crippen LogP contribution in [0.4, 0.5) is 19.5 Å². The molecule has 3 fully saturated rings. The van der Waals surface area contributed by atoms with Crippen LogP contribution in [0.3, 0.4) is 0 Å². The molecule has 5 heterocycles. The minimum Gasteiger partial charge on any atom is -0.476 e. The van der Waals surface area contributed by atoms with E-state index in [1.54, 1.807) is 13.8 Å². The molecule has 6 atom stereocenters. The Morgan fingerprint density at radius 1 is 1.30 bits per heavy atom. The molecule has 2 aromatic heterocycles. The number of anilines is 1. The van der Waals surface area contributed by atoms with Gasteiger partial charge in [0.05, 0.1) is 25.9 Å². The highest BCUT2D eigenvalue weighted by Gasteiger charge is 2.64. The molecule has 6 rings (SSSR count). The fourth-order valence-corrected chi connectivity index (χ4v) is 6.41. The van der Waals surface area contributed by atoms with E-state index in [0.717, 1.165) is 6.07 Å². The number of imidazole rings is 1. The number of nitrogens with zero attached hydrogens (tertiary/aromatic N) is 4. The first-order valence-corrected chi connectivity index (χ1v) is 13.8. The van der Waals surface area contributed by atoms with E-state index in [9.17, 15) is 18.1 Å². The number of benzene rings is 1. The molecule has 3 aliphatic heterocycles. The van der Waals surface area contributed by atoms with Gasteiger partial charge < -0.3 is 24.7 Å².